The zero-order chi connectivity index (χ0) is 14.8. The maximum Gasteiger partial charge on any atom is 0.256 e. The Balaban J connectivity index is 2.03. The number of Topliss-reactive ketones (excluding diaryl/α,β-unsaturated/α-hetero) is 1. The van der Waals surface area contributed by atoms with Gasteiger partial charge in [0.1, 0.15) is 5.82 Å². The van der Waals surface area contributed by atoms with Crippen molar-refractivity contribution in [3.05, 3.63) is 65.7 Å². The fraction of sp³-hybridized carbons (Fsp3) is 0.0588. The molecule has 0 saturated carbocycles. The lowest BCUT2D eigenvalue weighted by molar-refractivity contribution is 0.102. The van der Waals surface area contributed by atoms with Crippen LogP contribution in [0.1, 0.15) is 27.6 Å². The molecule has 0 aliphatic carbocycles. The van der Waals surface area contributed by atoms with Crippen LogP contribution in [0, 0.1) is 0 Å². The molecule has 104 valence electrons. The molecular formula is C17H14N2O2. The van der Waals surface area contributed by atoms with Gasteiger partial charge in [0, 0.05) is 16.5 Å². The second-order valence-electron chi connectivity index (χ2n) is 4.80. The van der Waals surface area contributed by atoms with E-state index in [1.807, 2.05) is 30.3 Å². The molecule has 0 saturated heterocycles. The van der Waals surface area contributed by atoms with Crippen molar-refractivity contribution in [2.75, 3.05) is 5.32 Å². The number of hydrogen-bond acceptors (Lipinski definition) is 2. The van der Waals surface area contributed by atoms with E-state index in [0.29, 0.717) is 16.9 Å². The Hall–Kier alpha value is -2.88. The molecule has 0 radical (unpaired) electrons. The summed E-state index contributed by atoms with van der Waals surface area (Å²) < 4.78 is 0. The lowest BCUT2D eigenvalue weighted by Crippen LogP contribution is -2.13. The molecular weight excluding hydrogens is 264 g/mol. The van der Waals surface area contributed by atoms with Crippen molar-refractivity contribution in [2.24, 2.45) is 0 Å². The second kappa shape index (κ2) is 5.25. The first-order chi connectivity index (χ1) is 10.2. The van der Waals surface area contributed by atoms with Crippen LogP contribution in [0.5, 0.6) is 0 Å². The van der Waals surface area contributed by atoms with Gasteiger partial charge in [-0.1, -0.05) is 36.4 Å². The van der Waals surface area contributed by atoms with E-state index in [-0.39, 0.29) is 11.7 Å². The van der Waals surface area contributed by atoms with E-state index in [4.69, 9.17) is 0 Å². The van der Waals surface area contributed by atoms with Crippen LogP contribution in [0.25, 0.3) is 10.9 Å². The van der Waals surface area contributed by atoms with E-state index in [0.717, 1.165) is 10.9 Å². The standard InChI is InChI=1S/C17H14N2O2/c1-11(20)15-13-9-5-6-10-14(13)18-16(15)19-17(21)12-7-3-2-4-8-12/h2-10,18H,1H3,(H,19,21). The van der Waals surface area contributed by atoms with Crippen molar-refractivity contribution in [1.82, 2.24) is 4.98 Å². The summed E-state index contributed by atoms with van der Waals surface area (Å²) in [6.07, 6.45) is 0. The number of carbonyl (C=O) groups excluding carboxylic acids is 2. The van der Waals surface area contributed by atoms with Crippen LogP contribution in [-0.2, 0) is 0 Å². The fourth-order valence-electron chi connectivity index (χ4n) is 2.38. The fourth-order valence-corrected chi connectivity index (χ4v) is 2.38. The second-order valence-corrected chi connectivity index (χ2v) is 4.80. The van der Waals surface area contributed by atoms with Gasteiger partial charge < -0.3 is 10.3 Å². The number of H-pyrrole nitrogens is 1. The molecule has 4 nitrogen and oxygen atoms in total. The van der Waals surface area contributed by atoms with Gasteiger partial charge >= 0.3 is 0 Å². The highest BCUT2D eigenvalue weighted by Gasteiger charge is 2.17. The molecule has 0 spiro atoms. The number of carbonyl (C=O) groups is 2. The van der Waals surface area contributed by atoms with Gasteiger partial charge in [-0.25, -0.2) is 0 Å². The van der Waals surface area contributed by atoms with E-state index in [2.05, 4.69) is 10.3 Å². The van der Waals surface area contributed by atoms with Gasteiger partial charge in [0.2, 0.25) is 0 Å². The number of para-hydroxylation sites is 1. The molecule has 2 N–H and O–H groups in total. The number of aromatic nitrogens is 1. The van der Waals surface area contributed by atoms with Gasteiger partial charge in [0.05, 0.1) is 5.56 Å². The zero-order valence-electron chi connectivity index (χ0n) is 11.5. The topological polar surface area (TPSA) is 62.0 Å². The average molecular weight is 278 g/mol. The maximum absolute atomic E-state index is 12.2. The van der Waals surface area contributed by atoms with E-state index >= 15 is 0 Å². The Kier molecular flexibility index (Phi) is 3.28. The summed E-state index contributed by atoms with van der Waals surface area (Å²) in [6.45, 7) is 1.49. The molecule has 21 heavy (non-hydrogen) atoms. The highest BCUT2D eigenvalue weighted by Crippen LogP contribution is 2.26. The summed E-state index contributed by atoms with van der Waals surface area (Å²) in [5.74, 6) is 0.109. The third-order valence-electron chi connectivity index (χ3n) is 3.33. The minimum atomic E-state index is -0.246. The number of hydrogen-bond donors (Lipinski definition) is 2. The van der Waals surface area contributed by atoms with E-state index in [1.165, 1.54) is 6.92 Å². The molecule has 1 heterocycles. The molecule has 0 aliphatic rings. The quantitative estimate of drug-likeness (QED) is 0.719. The van der Waals surface area contributed by atoms with Gasteiger partial charge in [-0.3, -0.25) is 9.59 Å². The van der Waals surface area contributed by atoms with Gasteiger partial charge in [-0.05, 0) is 25.1 Å². The normalized spacial score (nSPS) is 10.5. The van der Waals surface area contributed by atoms with Crippen LogP contribution in [-0.4, -0.2) is 16.7 Å². The summed E-state index contributed by atoms with van der Waals surface area (Å²) in [5.41, 5.74) is 1.88. The van der Waals surface area contributed by atoms with Crippen LogP contribution < -0.4 is 5.32 Å². The van der Waals surface area contributed by atoms with E-state index in [1.54, 1.807) is 24.3 Å². The molecule has 1 amide bonds. The smallest absolute Gasteiger partial charge is 0.256 e. The average Bonchev–Trinajstić information content (AvgIpc) is 2.86. The third kappa shape index (κ3) is 2.43. The Morgan fingerprint density at radius 2 is 1.62 bits per heavy atom. The summed E-state index contributed by atoms with van der Waals surface area (Å²) in [5, 5.41) is 3.60. The molecule has 2 aromatic carbocycles. The number of amides is 1. The number of aromatic amines is 1. The van der Waals surface area contributed by atoms with Crippen molar-refractivity contribution < 1.29 is 9.59 Å². The predicted octanol–water partition coefficient (Wildman–Crippen LogP) is 3.62. The van der Waals surface area contributed by atoms with Crippen LogP contribution in [0.3, 0.4) is 0 Å². The molecule has 0 unspecified atom stereocenters. The molecule has 3 aromatic rings. The number of fused-ring (bicyclic) bond motifs is 1. The van der Waals surface area contributed by atoms with Crippen LogP contribution in [0.2, 0.25) is 0 Å². The van der Waals surface area contributed by atoms with E-state index in [9.17, 15) is 9.59 Å². The summed E-state index contributed by atoms with van der Waals surface area (Å²) >= 11 is 0. The van der Waals surface area contributed by atoms with Gasteiger partial charge in [0.25, 0.3) is 5.91 Å². The number of benzene rings is 2. The van der Waals surface area contributed by atoms with Gasteiger partial charge in [-0.2, -0.15) is 0 Å². The minimum Gasteiger partial charge on any atom is -0.341 e. The summed E-state index contributed by atoms with van der Waals surface area (Å²) in [6, 6.07) is 16.4. The molecule has 0 bridgehead atoms. The zero-order valence-corrected chi connectivity index (χ0v) is 11.5. The van der Waals surface area contributed by atoms with Gasteiger partial charge in [-0.15, -0.1) is 0 Å². The molecule has 1 aromatic heterocycles. The third-order valence-corrected chi connectivity index (χ3v) is 3.33. The van der Waals surface area contributed by atoms with Crippen molar-refractivity contribution in [3.63, 3.8) is 0 Å². The highest BCUT2D eigenvalue weighted by molar-refractivity contribution is 6.15. The van der Waals surface area contributed by atoms with Crippen molar-refractivity contribution in [2.45, 2.75) is 6.92 Å². The van der Waals surface area contributed by atoms with E-state index < -0.39 is 0 Å². The predicted molar refractivity (Wildman–Crippen MR) is 82.7 cm³/mol. The van der Waals surface area contributed by atoms with Crippen LogP contribution in [0.4, 0.5) is 5.82 Å². The van der Waals surface area contributed by atoms with Crippen molar-refractivity contribution in [3.8, 4) is 0 Å². The number of ketones is 1. The summed E-state index contributed by atoms with van der Waals surface area (Å²) in [7, 11) is 0. The largest absolute Gasteiger partial charge is 0.341 e. The SMILES string of the molecule is CC(=O)c1c(NC(=O)c2ccccc2)[nH]c2ccccc12. The molecule has 3 rings (SSSR count). The molecule has 0 fully saturated rings. The Morgan fingerprint density at radius 1 is 0.952 bits per heavy atom. The lowest BCUT2D eigenvalue weighted by atomic mass is 10.1. The van der Waals surface area contributed by atoms with Gasteiger partial charge in [0.15, 0.2) is 5.78 Å². The molecule has 0 aliphatic heterocycles. The maximum atomic E-state index is 12.2. The molecule has 4 heteroatoms. The highest BCUT2D eigenvalue weighted by atomic mass is 16.2. The number of nitrogens with one attached hydrogen (secondary N) is 2. The monoisotopic (exact) mass is 278 g/mol. The number of rotatable bonds is 3. The summed E-state index contributed by atoms with van der Waals surface area (Å²) in [4.78, 5) is 27.2. The first-order valence-electron chi connectivity index (χ1n) is 6.65. The minimum absolute atomic E-state index is 0.0872. The Labute approximate surface area is 121 Å². The Morgan fingerprint density at radius 3 is 2.33 bits per heavy atom. The first kappa shape index (κ1) is 13.1. The first-order valence-corrected chi connectivity index (χ1v) is 6.65. The number of anilines is 1. The molecule has 0 atom stereocenters. The lowest BCUT2D eigenvalue weighted by Gasteiger charge is -2.05. The Bertz CT molecular complexity index is 819. The van der Waals surface area contributed by atoms with Crippen LogP contribution >= 0.6 is 0 Å². The van der Waals surface area contributed by atoms with Crippen LogP contribution in [0.15, 0.2) is 54.6 Å². The van der Waals surface area contributed by atoms with Crippen molar-refractivity contribution >= 4 is 28.4 Å². The van der Waals surface area contributed by atoms with Crippen molar-refractivity contribution in [1.29, 1.82) is 0 Å².